The molecule has 5 heteroatoms. The number of benzene rings is 2. The molecule has 136 valence electrons. The van der Waals surface area contributed by atoms with Crippen molar-refractivity contribution < 1.29 is 9.53 Å². The summed E-state index contributed by atoms with van der Waals surface area (Å²) in [6.07, 6.45) is 0. The molecule has 0 aromatic heterocycles. The Morgan fingerprint density at radius 2 is 1.62 bits per heavy atom. The highest BCUT2D eigenvalue weighted by Gasteiger charge is 2.30. The zero-order valence-electron chi connectivity index (χ0n) is 15.9. The summed E-state index contributed by atoms with van der Waals surface area (Å²) in [4.78, 5) is 17.3. The van der Waals surface area contributed by atoms with E-state index in [4.69, 9.17) is 4.74 Å². The van der Waals surface area contributed by atoms with Gasteiger partial charge in [0, 0.05) is 18.0 Å². The summed E-state index contributed by atoms with van der Waals surface area (Å²) >= 11 is 0. The Morgan fingerprint density at radius 3 is 2.12 bits per heavy atom. The van der Waals surface area contributed by atoms with Gasteiger partial charge in [-0.2, -0.15) is 5.10 Å². The average molecular weight is 351 g/mol. The molecule has 0 unspecified atom stereocenters. The van der Waals surface area contributed by atoms with Crippen molar-refractivity contribution in [2.24, 2.45) is 15.5 Å². The van der Waals surface area contributed by atoms with Gasteiger partial charge in [0.05, 0.1) is 18.5 Å². The van der Waals surface area contributed by atoms with E-state index in [1.54, 1.807) is 14.2 Å². The molecule has 0 spiro atoms. The zero-order chi connectivity index (χ0) is 19.2. The van der Waals surface area contributed by atoms with Crippen molar-refractivity contribution in [2.45, 2.75) is 20.8 Å². The minimum absolute atomic E-state index is 0.0806. The van der Waals surface area contributed by atoms with E-state index in [1.807, 2.05) is 75.4 Å². The standard InChI is InChI=1S/C21H25N3O2/c1-21(2,3)20(25)19(18(22-4)15-9-7-6-8-10-15)24-23-16-11-13-17(26-5)14-12-16/h6-14,23H,1-5H3/b22-18?,24-19-. The summed E-state index contributed by atoms with van der Waals surface area (Å²) < 4.78 is 5.15. The highest BCUT2D eigenvalue weighted by atomic mass is 16.5. The second-order valence-corrected chi connectivity index (χ2v) is 6.82. The van der Waals surface area contributed by atoms with Crippen molar-refractivity contribution in [3.63, 3.8) is 0 Å². The maximum atomic E-state index is 13.0. The quantitative estimate of drug-likeness (QED) is 0.627. The Hall–Kier alpha value is -2.95. The van der Waals surface area contributed by atoms with Crippen LogP contribution in [0.4, 0.5) is 5.69 Å². The van der Waals surface area contributed by atoms with Gasteiger partial charge in [-0.15, -0.1) is 0 Å². The third-order valence-electron chi connectivity index (χ3n) is 3.78. The lowest BCUT2D eigenvalue weighted by Crippen LogP contribution is -2.35. The highest BCUT2D eigenvalue weighted by Crippen LogP contribution is 2.19. The molecule has 0 aliphatic heterocycles. The molecule has 0 saturated heterocycles. The molecule has 2 aromatic carbocycles. The molecule has 0 atom stereocenters. The molecule has 0 bridgehead atoms. The van der Waals surface area contributed by atoms with Crippen LogP contribution in [-0.4, -0.2) is 31.4 Å². The second-order valence-electron chi connectivity index (χ2n) is 6.82. The van der Waals surface area contributed by atoms with E-state index in [0.717, 1.165) is 17.0 Å². The lowest BCUT2D eigenvalue weighted by molar-refractivity contribution is -0.119. The number of aliphatic imine (C=N–C) groups is 1. The summed E-state index contributed by atoms with van der Waals surface area (Å²) in [5.41, 5.74) is 4.86. The van der Waals surface area contributed by atoms with Crippen LogP contribution in [0.5, 0.6) is 5.75 Å². The van der Waals surface area contributed by atoms with Gasteiger partial charge < -0.3 is 4.74 Å². The number of methoxy groups -OCH3 is 1. The van der Waals surface area contributed by atoms with Gasteiger partial charge in [-0.05, 0) is 24.3 Å². The van der Waals surface area contributed by atoms with Crippen molar-refractivity contribution >= 4 is 22.9 Å². The number of hydrazone groups is 1. The molecule has 1 N–H and O–H groups in total. The first-order chi connectivity index (χ1) is 12.4. The summed E-state index contributed by atoms with van der Waals surface area (Å²) in [5.74, 6) is 0.675. The second kappa shape index (κ2) is 8.43. The Kier molecular flexibility index (Phi) is 6.28. The Morgan fingerprint density at radius 1 is 1.00 bits per heavy atom. The number of hydrogen-bond acceptors (Lipinski definition) is 5. The molecule has 0 aliphatic rings. The van der Waals surface area contributed by atoms with E-state index >= 15 is 0 Å². The molecule has 0 saturated carbocycles. The average Bonchev–Trinajstić information content (AvgIpc) is 2.65. The fourth-order valence-corrected chi connectivity index (χ4v) is 2.32. The third-order valence-corrected chi connectivity index (χ3v) is 3.78. The number of nitrogens with one attached hydrogen (secondary N) is 1. The first-order valence-corrected chi connectivity index (χ1v) is 8.42. The van der Waals surface area contributed by atoms with Gasteiger partial charge in [0.25, 0.3) is 0 Å². The molecule has 0 heterocycles. The summed E-state index contributed by atoms with van der Waals surface area (Å²) in [6, 6.07) is 16.9. The summed E-state index contributed by atoms with van der Waals surface area (Å²) in [7, 11) is 3.28. The maximum absolute atomic E-state index is 13.0. The van der Waals surface area contributed by atoms with Crippen molar-refractivity contribution in [2.75, 3.05) is 19.6 Å². The fraction of sp³-hybridized carbons (Fsp3) is 0.286. The van der Waals surface area contributed by atoms with Crippen LogP contribution in [0.15, 0.2) is 64.7 Å². The molecule has 0 radical (unpaired) electrons. The first kappa shape index (κ1) is 19.4. The van der Waals surface area contributed by atoms with E-state index in [9.17, 15) is 4.79 Å². The number of nitrogens with zero attached hydrogens (tertiary/aromatic N) is 2. The molecule has 0 amide bonds. The topological polar surface area (TPSA) is 63.1 Å². The van der Waals surface area contributed by atoms with Gasteiger partial charge in [0.2, 0.25) is 0 Å². The van der Waals surface area contributed by atoms with Crippen molar-refractivity contribution in [1.29, 1.82) is 0 Å². The zero-order valence-corrected chi connectivity index (χ0v) is 15.9. The van der Waals surface area contributed by atoms with E-state index in [-0.39, 0.29) is 5.78 Å². The normalized spacial score (nSPS) is 12.7. The Balaban J connectivity index is 2.41. The maximum Gasteiger partial charge on any atom is 0.190 e. The molecular weight excluding hydrogens is 326 g/mol. The lowest BCUT2D eigenvalue weighted by Gasteiger charge is -2.19. The number of carbonyl (C=O) groups excluding carboxylic acids is 1. The Bertz CT molecular complexity index is 801. The largest absolute Gasteiger partial charge is 0.497 e. The first-order valence-electron chi connectivity index (χ1n) is 8.42. The summed E-state index contributed by atoms with van der Waals surface area (Å²) in [5, 5.41) is 4.41. The SMILES string of the molecule is CN=C(/C(=N/Nc1ccc(OC)cc1)C(=O)C(C)(C)C)c1ccccc1. The van der Waals surface area contributed by atoms with Gasteiger partial charge in [-0.3, -0.25) is 15.2 Å². The lowest BCUT2D eigenvalue weighted by atomic mass is 9.85. The fourth-order valence-electron chi connectivity index (χ4n) is 2.32. The van der Waals surface area contributed by atoms with Crippen LogP contribution in [0.1, 0.15) is 26.3 Å². The number of anilines is 1. The van der Waals surface area contributed by atoms with Crippen LogP contribution in [-0.2, 0) is 4.79 Å². The van der Waals surface area contributed by atoms with Crippen molar-refractivity contribution in [1.82, 2.24) is 0 Å². The molecule has 26 heavy (non-hydrogen) atoms. The van der Waals surface area contributed by atoms with E-state index in [2.05, 4.69) is 15.5 Å². The molecule has 0 fully saturated rings. The van der Waals surface area contributed by atoms with Gasteiger partial charge in [0.1, 0.15) is 5.75 Å². The van der Waals surface area contributed by atoms with Crippen LogP contribution in [0.2, 0.25) is 0 Å². The van der Waals surface area contributed by atoms with Gasteiger partial charge in [0.15, 0.2) is 11.5 Å². The number of rotatable bonds is 6. The number of carbonyl (C=O) groups is 1. The predicted octanol–water partition coefficient (Wildman–Crippen LogP) is 4.20. The van der Waals surface area contributed by atoms with E-state index in [0.29, 0.717) is 11.4 Å². The molecular formula is C21H25N3O2. The minimum atomic E-state index is -0.578. The monoisotopic (exact) mass is 351 g/mol. The van der Waals surface area contributed by atoms with Crippen LogP contribution < -0.4 is 10.2 Å². The Labute approximate surface area is 154 Å². The van der Waals surface area contributed by atoms with Crippen molar-refractivity contribution in [3.8, 4) is 5.75 Å². The van der Waals surface area contributed by atoms with Crippen molar-refractivity contribution in [3.05, 3.63) is 60.2 Å². The number of ketones is 1. The van der Waals surface area contributed by atoms with Gasteiger partial charge in [-0.25, -0.2) is 0 Å². The van der Waals surface area contributed by atoms with Crippen LogP contribution >= 0.6 is 0 Å². The molecule has 2 aromatic rings. The smallest absolute Gasteiger partial charge is 0.190 e. The highest BCUT2D eigenvalue weighted by molar-refractivity contribution is 6.71. The number of ether oxygens (including phenoxy) is 1. The van der Waals surface area contributed by atoms with E-state index < -0.39 is 5.41 Å². The number of Topliss-reactive ketones (excluding diaryl/α,β-unsaturated/α-hetero) is 1. The van der Waals surface area contributed by atoms with Crippen LogP contribution in [0.25, 0.3) is 0 Å². The van der Waals surface area contributed by atoms with Gasteiger partial charge >= 0.3 is 0 Å². The minimum Gasteiger partial charge on any atom is -0.497 e. The van der Waals surface area contributed by atoms with Crippen LogP contribution in [0.3, 0.4) is 0 Å². The van der Waals surface area contributed by atoms with E-state index in [1.165, 1.54) is 0 Å². The van der Waals surface area contributed by atoms with Crippen LogP contribution in [0, 0.1) is 5.41 Å². The van der Waals surface area contributed by atoms with Gasteiger partial charge in [-0.1, -0.05) is 51.1 Å². The molecule has 5 nitrogen and oxygen atoms in total. The predicted molar refractivity (Wildman–Crippen MR) is 107 cm³/mol. The third kappa shape index (κ3) is 4.79. The molecule has 0 aliphatic carbocycles. The molecule has 2 rings (SSSR count). The summed E-state index contributed by atoms with van der Waals surface area (Å²) in [6.45, 7) is 5.61. The number of hydrogen-bond donors (Lipinski definition) is 1.